The average Bonchev–Trinajstić information content (AvgIpc) is 3.06. The molecule has 23 heavy (non-hydrogen) atoms. The van der Waals surface area contributed by atoms with Crippen LogP contribution in [0.4, 0.5) is 19.0 Å². The van der Waals surface area contributed by atoms with E-state index >= 15 is 0 Å². The van der Waals surface area contributed by atoms with Crippen LogP contribution in [-0.4, -0.2) is 24.1 Å². The molecule has 7 heteroatoms. The average molecular weight is 325 g/mol. The highest BCUT2D eigenvalue weighted by molar-refractivity contribution is 5.40. The molecule has 0 aliphatic carbocycles. The summed E-state index contributed by atoms with van der Waals surface area (Å²) in [6, 6.07) is 6.69. The summed E-state index contributed by atoms with van der Waals surface area (Å²) in [7, 11) is 0. The van der Waals surface area contributed by atoms with Crippen molar-refractivity contribution in [1.29, 1.82) is 0 Å². The molecule has 0 amide bonds. The minimum Gasteiger partial charge on any atom is -0.468 e. The number of nitrogens with zero attached hydrogens (tertiary/aromatic N) is 2. The summed E-state index contributed by atoms with van der Waals surface area (Å²) in [6.07, 6.45) is 0.0492. The second-order valence-electron chi connectivity index (χ2n) is 5.62. The topological polar surface area (TPSA) is 41.3 Å². The number of anilines is 1. The molecule has 0 spiro atoms. The Labute approximate surface area is 132 Å². The van der Waals surface area contributed by atoms with Crippen molar-refractivity contribution in [3.8, 4) is 0 Å². The molecule has 0 aromatic carbocycles. The Balaban J connectivity index is 1.50. The Hall–Kier alpha value is -2.02. The van der Waals surface area contributed by atoms with Gasteiger partial charge in [0.25, 0.3) is 0 Å². The van der Waals surface area contributed by atoms with E-state index < -0.39 is 11.7 Å². The van der Waals surface area contributed by atoms with Gasteiger partial charge in [0.15, 0.2) is 0 Å². The van der Waals surface area contributed by atoms with E-state index in [1.807, 2.05) is 17.0 Å². The van der Waals surface area contributed by atoms with Gasteiger partial charge in [0.1, 0.15) is 11.6 Å². The van der Waals surface area contributed by atoms with Crippen molar-refractivity contribution in [3.63, 3.8) is 0 Å². The lowest BCUT2D eigenvalue weighted by molar-refractivity contribution is -0.137. The standard InChI is InChI=1S/C16H18F3N3O/c17-16(18,19)12-3-4-15(21-10-12)22-7-5-13(6-8-22)20-11-14-2-1-9-23-14/h1-4,9-10,13,20H,5-8,11H2. The van der Waals surface area contributed by atoms with Gasteiger partial charge in [0.2, 0.25) is 0 Å². The van der Waals surface area contributed by atoms with E-state index in [0.717, 1.165) is 44.0 Å². The molecule has 4 nitrogen and oxygen atoms in total. The highest BCUT2D eigenvalue weighted by atomic mass is 19.4. The third-order valence-electron chi connectivity index (χ3n) is 4.04. The Morgan fingerprint density at radius 1 is 1.22 bits per heavy atom. The number of alkyl halides is 3. The lowest BCUT2D eigenvalue weighted by Gasteiger charge is -2.33. The highest BCUT2D eigenvalue weighted by Crippen LogP contribution is 2.29. The van der Waals surface area contributed by atoms with Gasteiger partial charge < -0.3 is 14.6 Å². The van der Waals surface area contributed by atoms with Gasteiger partial charge in [0, 0.05) is 25.3 Å². The van der Waals surface area contributed by atoms with E-state index in [1.165, 1.54) is 6.07 Å². The summed E-state index contributed by atoms with van der Waals surface area (Å²) >= 11 is 0. The van der Waals surface area contributed by atoms with Crippen LogP contribution in [0.25, 0.3) is 0 Å². The second kappa shape index (κ2) is 6.62. The highest BCUT2D eigenvalue weighted by Gasteiger charge is 2.31. The smallest absolute Gasteiger partial charge is 0.417 e. The summed E-state index contributed by atoms with van der Waals surface area (Å²) in [4.78, 5) is 5.97. The lowest BCUT2D eigenvalue weighted by Crippen LogP contribution is -2.42. The molecular weight excluding hydrogens is 307 g/mol. The van der Waals surface area contributed by atoms with Crippen molar-refractivity contribution in [1.82, 2.24) is 10.3 Å². The van der Waals surface area contributed by atoms with Crippen molar-refractivity contribution in [2.75, 3.05) is 18.0 Å². The fourth-order valence-electron chi connectivity index (χ4n) is 2.71. The predicted molar refractivity (Wildman–Crippen MR) is 80.0 cm³/mol. The molecule has 0 radical (unpaired) electrons. The molecule has 1 aliphatic rings. The summed E-state index contributed by atoms with van der Waals surface area (Å²) in [5.74, 6) is 1.50. The van der Waals surface area contributed by atoms with Gasteiger partial charge in [-0.3, -0.25) is 0 Å². The van der Waals surface area contributed by atoms with Crippen LogP contribution in [0.5, 0.6) is 0 Å². The number of hydrogen-bond acceptors (Lipinski definition) is 4. The molecule has 2 aromatic heterocycles. The third kappa shape index (κ3) is 4.04. The second-order valence-corrected chi connectivity index (χ2v) is 5.62. The van der Waals surface area contributed by atoms with Crippen LogP contribution in [0.15, 0.2) is 41.1 Å². The number of nitrogens with one attached hydrogen (secondary N) is 1. The fraction of sp³-hybridized carbons (Fsp3) is 0.438. The monoisotopic (exact) mass is 325 g/mol. The summed E-state index contributed by atoms with van der Waals surface area (Å²) in [5, 5.41) is 3.44. The Morgan fingerprint density at radius 2 is 2.00 bits per heavy atom. The van der Waals surface area contributed by atoms with Gasteiger partial charge >= 0.3 is 6.18 Å². The van der Waals surface area contributed by atoms with E-state index in [0.29, 0.717) is 18.4 Å². The minimum absolute atomic E-state index is 0.380. The lowest BCUT2D eigenvalue weighted by atomic mass is 10.0. The Kier molecular flexibility index (Phi) is 4.56. The van der Waals surface area contributed by atoms with Crippen LogP contribution in [0, 0.1) is 0 Å². The zero-order chi connectivity index (χ0) is 16.3. The molecule has 1 saturated heterocycles. The minimum atomic E-state index is -4.34. The number of pyridine rings is 1. The van der Waals surface area contributed by atoms with E-state index in [4.69, 9.17) is 4.42 Å². The van der Waals surface area contributed by atoms with E-state index in [1.54, 1.807) is 6.26 Å². The van der Waals surface area contributed by atoms with Gasteiger partial charge in [-0.1, -0.05) is 0 Å². The van der Waals surface area contributed by atoms with E-state index in [2.05, 4.69) is 10.3 Å². The summed E-state index contributed by atoms with van der Waals surface area (Å²) < 4.78 is 42.9. The number of hydrogen-bond donors (Lipinski definition) is 1. The van der Waals surface area contributed by atoms with Crippen molar-refractivity contribution < 1.29 is 17.6 Å². The quantitative estimate of drug-likeness (QED) is 0.935. The van der Waals surface area contributed by atoms with Crippen LogP contribution in [-0.2, 0) is 12.7 Å². The molecule has 0 bridgehead atoms. The molecular formula is C16H18F3N3O. The molecule has 1 N–H and O–H groups in total. The largest absolute Gasteiger partial charge is 0.468 e. The van der Waals surface area contributed by atoms with Gasteiger partial charge in [0.05, 0.1) is 18.4 Å². The predicted octanol–water partition coefficient (Wildman–Crippen LogP) is 3.45. The molecule has 3 heterocycles. The first-order valence-corrected chi connectivity index (χ1v) is 7.56. The number of piperidine rings is 1. The Bertz CT molecular complexity index is 603. The SMILES string of the molecule is FC(F)(F)c1ccc(N2CCC(NCc3ccco3)CC2)nc1. The number of aromatic nitrogens is 1. The maximum Gasteiger partial charge on any atom is 0.417 e. The molecule has 2 aromatic rings. The van der Waals surface area contributed by atoms with Crippen LogP contribution < -0.4 is 10.2 Å². The maximum atomic E-state index is 12.5. The van der Waals surface area contributed by atoms with Crippen molar-refractivity contribution in [2.24, 2.45) is 0 Å². The fourth-order valence-corrected chi connectivity index (χ4v) is 2.71. The van der Waals surface area contributed by atoms with Crippen molar-refractivity contribution in [2.45, 2.75) is 31.6 Å². The molecule has 1 fully saturated rings. The zero-order valence-corrected chi connectivity index (χ0v) is 12.5. The maximum absolute atomic E-state index is 12.5. The molecule has 3 rings (SSSR count). The number of furan rings is 1. The van der Waals surface area contributed by atoms with Crippen LogP contribution in [0.3, 0.4) is 0 Å². The molecule has 0 atom stereocenters. The first-order chi connectivity index (χ1) is 11.0. The zero-order valence-electron chi connectivity index (χ0n) is 12.5. The van der Waals surface area contributed by atoms with Crippen LogP contribution >= 0.6 is 0 Å². The van der Waals surface area contributed by atoms with Crippen molar-refractivity contribution in [3.05, 3.63) is 48.0 Å². The summed E-state index contributed by atoms with van der Waals surface area (Å²) in [6.45, 7) is 2.23. The van der Waals surface area contributed by atoms with Crippen LogP contribution in [0.2, 0.25) is 0 Å². The normalized spacial score (nSPS) is 16.7. The van der Waals surface area contributed by atoms with Gasteiger partial charge in [-0.05, 0) is 37.1 Å². The Morgan fingerprint density at radius 3 is 2.57 bits per heavy atom. The van der Waals surface area contributed by atoms with Crippen molar-refractivity contribution >= 4 is 5.82 Å². The number of rotatable bonds is 4. The number of halogens is 3. The summed E-state index contributed by atoms with van der Waals surface area (Å²) in [5.41, 5.74) is -0.712. The van der Waals surface area contributed by atoms with Gasteiger partial charge in [-0.15, -0.1) is 0 Å². The van der Waals surface area contributed by atoms with Gasteiger partial charge in [-0.25, -0.2) is 4.98 Å². The van der Waals surface area contributed by atoms with E-state index in [9.17, 15) is 13.2 Å². The van der Waals surface area contributed by atoms with Crippen LogP contribution in [0.1, 0.15) is 24.2 Å². The molecule has 0 unspecified atom stereocenters. The first-order valence-electron chi connectivity index (χ1n) is 7.56. The third-order valence-corrected chi connectivity index (χ3v) is 4.04. The van der Waals surface area contributed by atoms with Gasteiger partial charge in [-0.2, -0.15) is 13.2 Å². The molecule has 0 saturated carbocycles. The molecule has 124 valence electrons. The first kappa shape index (κ1) is 15.9. The molecule has 1 aliphatic heterocycles. The van der Waals surface area contributed by atoms with E-state index in [-0.39, 0.29) is 0 Å².